The summed E-state index contributed by atoms with van der Waals surface area (Å²) in [5.41, 5.74) is 4.67. The molecule has 0 aromatic heterocycles. The van der Waals surface area contributed by atoms with Crippen molar-refractivity contribution in [1.29, 1.82) is 0 Å². The number of piperidine rings is 1. The lowest BCUT2D eigenvalue weighted by atomic mass is 9.95. The highest BCUT2D eigenvalue weighted by molar-refractivity contribution is 6.27. The lowest BCUT2D eigenvalue weighted by molar-refractivity contribution is -0.134. The molecular formula is C35H29F2N5O3. The summed E-state index contributed by atoms with van der Waals surface area (Å²) < 4.78 is 29.3. The van der Waals surface area contributed by atoms with Crippen LogP contribution in [0.3, 0.4) is 0 Å². The van der Waals surface area contributed by atoms with E-state index in [1.165, 1.54) is 23.1 Å². The van der Waals surface area contributed by atoms with Crippen molar-refractivity contribution >= 4 is 45.6 Å². The quantitative estimate of drug-likeness (QED) is 0.237. The Labute approximate surface area is 258 Å². The highest BCUT2D eigenvalue weighted by Gasteiger charge is 2.41. The van der Waals surface area contributed by atoms with Crippen LogP contribution >= 0.6 is 0 Å². The first kappa shape index (κ1) is 28.6. The molecule has 0 aliphatic carbocycles. The van der Waals surface area contributed by atoms with E-state index in [4.69, 9.17) is 6.57 Å². The first-order valence-corrected chi connectivity index (χ1v) is 14.9. The molecule has 7 rings (SSSR count). The molecular weight excluding hydrogens is 576 g/mol. The molecule has 10 heteroatoms. The van der Waals surface area contributed by atoms with Crippen LogP contribution in [0.5, 0.6) is 0 Å². The van der Waals surface area contributed by atoms with E-state index < -0.39 is 23.7 Å². The third kappa shape index (κ3) is 5.29. The molecule has 1 N–H and O–H groups in total. The van der Waals surface area contributed by atoms with Crippen molar-refractivity contribution in [1.82, 2.24) is 10.2 Å². The van der Waals surface area contributed by atoms with Gasteiger partial charge in [-0.3, -0.25) is 29.5 Å². The van der Waals surface area contributed by atoms with Crippen LogP contribution in [0.4, 0.5) is 25.8 Å². The number of amides is 3. The summed E-state index contributed by atoms with van der Waals surface area (Å²) in [4.78, 5) is 46.8. The van der Waals surface area contributed by atoms with Gasteiger partial charge in [0.05, 0.1) is 23.5 Å². The Kier molecular flexibility index (Phi) is 7.26. The van der Waals surface area contributed by atoms with Crippen molar-refractivity contribution in [3.63, 3.8) is 0 Å². The zero-order valence-electron chi connectivity index (χ0n) is 24.4. The van der Waals surface area contributed by atoms with Crippen molar-refractivity contribution in [2.75, 3.05) is 36.0 Å². The second-order valence-electron chi connectivity index (χ2n) is 11.8. The molecule has 4 aromatic carbocycles. The number of hydrogen-bond donors (Lipinski definition) is 1. The molecule has 2 fully saturated rings. The number of nitrogens with one attached hydrogen (secondary N) is 1. The number of halogens is 2. The maximum Gasteiger partial charge on any atom is 0.259 e. The van der Waals surface area contributed by atoms with Crippen molar-refractivity contribution in [2.45, 2.75) is 31.8 Å². The molecule has 2 saturated heterocycles. The number of hydrogen-bond acceptors (Lipinski definition) is 5. The number of benzene rings is 4. The number of nitrogens with zero attached hydrogens (tertiary/aromatic N) is 4. The second kappa shape index (κ2) is 11.4. The molecule has 4 aromatic rings. The van der Waals surface area contributed by atoms with Gasteiger partial charge in [-0.1, -0.05) is 36.4 Å². The molecule has 45 heavy (non-hydrogen) atoms. The van der Waals surface area contributed by atoms with Gasteiger partial charge in [0.1, 0.15) is 17.7 Å². The SMILES string of the molecule is [C-]#[N+]c1ccc(N2CCN(Cc3ccc(Cc4ccc5c6c(cc(F)cc46)C(=O)N5C4CCC(=O)NC4=O)cc3)CC2)c(F)c1. The van der Waals surface area contributed by atoms with Gasteiger partial charge in [0.25, 0.3) is 5.91 Å². The summed E-state index contributed by atoms with van der Waals surface area (Å²) in [5.74, 6) is -2.21. The smallest absolute Gasteiger partial charge is 0.259 e. The third-order valence-corrected chi connectivity index (χ3v) is 8.98. The van der Waals surface area contributed by atoms with Gasteiger partial charge in [0, 0.05) is 44.5 Å². The van der Waals surface area contributed by atoms with Gasteiger partial charge >= 0.3 is 0 Å². The van der Waals surface area contributed by atoms with E-state index in [1.807, 2.05) is 17.0 Å². The minimum absolute atomic E-state index is 0.137. The molecule has 1 unspecified atom stereocenters. The predicted molar refractivity (Wildman–Crippen MR) is 166 cm³/mol. The minimum Gasteiger partial charge on any atom is -0.367 e. The van der Waals surface area contributed by atoms with Crippen molar-refractivity contribution in [3.8, 4) is 0 Å². The fraction of sp³-hybridized carbons (Fsp3) is 0.257. The van der Waals surface area contributed by atoms with Crippen molar-refractivity contribution in [2.24, 2.45) is 0 Å². The first-order chi connectivity index (χ1) is 21.8. The third-order valence-electron chi connectivity index (χ3n) is 8.98. The molecule has 0 radical (unpaired) electrons. The molecule has 0 bridgehead atoms. The summed E-state index contributed by atoms with van der Waals surface area (Å²) in [6.45, 7) is 10.8. The zero-order chi connectivity index (χ0) is 31.2. The maximum atomic E-state index is 14.8. The zero-order valence-corrected chi connectivity index (χ0v) is 24.4. The van der Waals surface area contributed by atoms with E-state index in [2.05, 4.69) is 39.3 Å². The van der Waals surface area contributed by atoms with Crippen LogP contribution in [0, 0.1) is 18.2 Å². The molecule has 3 heterocycles. The Morgan fingerprint density at radius 1 is 0.867 bits per heavy atom. The molecule has 3 aliphatic heterocycles. The van der Waals surface area contributed by atoms with Crippen LogP contribution in [-0.4, -0.2) is 54.8 Å². The average molecular weight is 606 g/mol. The molecule has 0 saturated carbocycles. The molecule has 3 aliphatic rings. The van der Waals surface area contributed by atoms with Crippen LogP contribution in [0.2, 0.25) is 0 Å². The molecule has 1 atom stereocenters. The summed E-state index contributed by atoms with van der Waals surface area (Å²) in [7, 11) is 0. The largest absolute Gasteiger partial charge is 0.367 e. The van der Waals surface area contributed by atoms with Gasteiger partial charge in [-0.25, -0.2) is 13.6 Å². The van der Waals surface area contributed by atoms with Crippen LogP contribution in [0.15, 0.2) is 66.7 Å². The molecule has 3 amide bonds. The van der Waals surface area contributed by atoms with Gasteiger partial charge in [0.2, 0.25) is 11.8 Å². The van der Waals surface area contributed by atoms with E-state index in [0.29, 0.717) is 47.3 Å². The number of rotatable bonds is 6. The highest BCUT2D eigenvalue weighted by Crippen LogP contribution is 2.42. The number of piperazine rings is 1. The topological polar surface area (TPSA) is 77.3 Å². The average Bonchev–Trinajstić information content (AvgIpc) is 3.31. The minimum atomic E-state index is -0.826. The van der Waals surface area contributed by atoms with Gasteiger partial charge in [-0.05, 0) is 65.3 Å². The number of carbonyl (C=O) groups excluding carboxylic acids is 3. The summed E-state index contributed by atoms with van der Waals surface area (Å²) in [6.07, 6.45) is 0.884. The second-order valence-corrected chi connectivity index (χ2v) is 11.8. The fourth-order valence-corrected chi connectivity index (χ4v) is 6.70. The van der Waals surface area contributed by atoms with Gasteiger partial charge in [0.15, 0.2) is 5.69 Å². The summed E-state index contributed by atoms with van der Waals surface area (Å²) >= 11 is 0. The fourth-order valence-electron chi connectivity index (χ4n) is 6.70. The number of imide groups is 1. The maximum absolute atomic E-state index is 14.8. The number of anilines is 2. The van der Waals surface area contributed by atoms with E-state index >= 15 is 0 Å². The monoisotopic (exact) mass is 605 g/mol. The Balaban J connectivity index is 1.05. The summed E-state index contributed by atoms with van der Waals surface area (Å²) in [5, 5.41) is 3.57. The molecule has 8 nitrogen and oxygen atoms in total. The lowest BCUT2D eigenvalue weighted by Crippen LogP contribution is -2.53. The Hall–Kier alpha value is -5.14. The summed E-state index contributed by atoms with van der Waals surface area (Å²) in [6, 6.07) is 18.4. The standard InChI is InChI=1S/C35H29F2N5O3/c1-38-25-7-9-29(28(37)19-25)41-14-12-40(13-15-41)20-22-4-2-21(3-5-22)16-23-6-8-30-33-26(23)17-24(36)18-27(33)35(45)42(30)31-10-11-32(43)39-34(31)44/h2-9,17-19,31H,10-16,20H2,(H,39,43,44). The normalized spacial score (nSPS) is 18.4. The van der Waals surface area contributed by atoms with Gasteiger partial charge in [-0.15, -0.1) is 0 Å². The van der Waals surface area contributed by atoms with E-state index in [-0.39, 0.29) is 30.1 Å². The van der Waals surface area contributed by atoms with Crippen LogP contribution in [0.25, 0.3) is 15.6 Å². The van der Waals surface area contributed by atoms with Crippen LogP contribution < -0.4 is 15.1 Å². The Bertz CT molecular complexity index is 1910. The molecule has 226 valence electrons. The predicted octanol–water partition coefficient (Wildman–Crippen LogP) is 5.35. The van der Waals surface area contributed by atoms with Gasteiger partial charge < -0.3 is 4.90 Å². The van der Waals surface area contributed by atoms with Crippen molar-refractivity contribution < 1.29 is 23.2 Å². The molecule has 0 spiro atoms. The highest BCUT2D eigenvalue weighted by atomic mass is 19.1. The van der Waals surface area contributed by atoms with Crippen LogP contribution in [-0.2, 0) is 22.6 Å². The van der Waals surface area contributed by atoms with E-state index in [1.54, 1.807) is 12.1 Å². The lowest BCUT2D eigenvalue weighted by Gasteiger charge is -2.36. The van der Waals surface area contributed by atoms with Crippen molar-refractivity contribution in [3.05, 3.63) is 112 Å². The first-order valence-electron chi connectivity index (χ1n) is 14.9. The van der Waals surface area contributed by atoms with E-state index in [9.17, 15) is 23.2 Å². The van der Waals surface area contributed by atoms with E-state index in [0.717, 1.165) is 36.3 Å². The Morgan fingerprint density at radius 3 is 2.31 bits per heavy atom. The van der Waals surface area contributed by atoms with Gasteiger partial charge in [-0.2, -0.15) is 0 Å². The van der Waals surface area contributed by atoms with Crippen LogP contribution in [0.1, 0.15) is 39.9 Å². The number of carbonyl (C=O) groups is 3. The Morgan fingerprint density at radius 2 is 1.60 bits per heavy atom.